The molecule has 3 saturated heterocycles. The highest BCUT2D eigenvalue weighted by molar-refractivity contribution is 5.58. The fraction of sp³-hybridized carbons (Fsp3) is 0.579. The van der Waals surface area contributed by atoms with E-state index in [-0.39, 0.29) is 6.04 Å². The number of hydrogen-bond acceptors (Lipinski definition) is 6. The summed E-state index contributed by atoms with van der Waals surface area (Å²) in [6.07, 6.45) is 4.98. The van der Waals surface area contributed by atoms with Crippen LogP contribution in [0, 0.1) is 0 Å². The van der Waals surface area contributed by atoms with Gasteiger partial charge in [0, 0.05) is 25.9 Å². The van der Waals surface area contributed by atoms with Gasteiger partial charge in [-0.15, -0.1) is 0 Å². The molecule has 5 rings (SSSR count). The van der Waals surface area contributed by atoms with Crippen LogP contribution in [-0.2, 0) is 14.2 Å². The van der Waals surface area contributed by atoms with E-state index in [4.69, 9.17) is 23.7 Å². The van der Waals surface area contributed by atoms with E-state index in [0.29, 0.717) is 6.79 Å². The van der Waals surface area contributed by atoms with Crippen LogP contribution in [0.5, 0.6) is 11.5 Å². The lowest BCUT2D eigenvalue weighted by Crippen LogP contribution is -2.53. The maximum Gasteiger partial charge on any atom is 0.231 e. The lowest BCUT2D eigenvalue weighted by atomic mass is 10.0. The van der Waals surface area contributed by atoms with E-state index in [1.54, 1.807) is 0 Å². The van der Waals surface area contributed by atoms with Crippen LogP contribution >= 0.6 is 0 Å². The number of hydrogen-bond donors (Lipinski definition) is 0. The number of benzene rings is 1. The summed E-state index contributed by atoms with van der Waals surface area (Å²) in [5.74, 6) is 2.09. The first-order valence-corrected chi connectivity index (χ1v) is 9.07. The molecule has 4 aliphatic rings. The van der Waals surface area contributed by atoms with E-state index in [9.17, 15) is 0 Å². The quantitative estimate of drug-likeness (QED) is 0.820. The summed E-state index contributed by atoms with van der Waals surface area (Å²) in [6, 6.07) is 6.25. The number of nitrogens with zero attached hydrogens (tertiary/aromatic N) is 1. The minimum atomic E-state index is -0.487. The van der Waals surface area contributed by atoms with Gasteiger partial charge in [-0.25, -0.2) is 0 Å². The normalized spacial score (nSPS) is 33.3. The molecule has 0 N–H and O–H groups in total. The molecule has 4 aliphatic heterocycles. The van der Waals surface area contributed by atoms with Crippen LogP contribution in [0.1, 0.15) is 24.8 Å². The molecule has 6 heteroatoms. The maximum absolute atomic E-state index is 6.38. The average Bonchev–Trinajstić information content (AvgIpc) is 3.37. The predicted molar refractivity (Wildman–Crippen MR) is 90.3 cm³/mol. The molecule has 6 nitrogen and oxygen atoms in total. The van der Waals surface area contributed by atoms with Crippen molar-refractivity contribution >= 4 is 6.08 Å². The van der Waals surface area contributed by atoms with Crippen molar-refractivity contribution in [3.05, 3.63) is 29.5 Å². The Morgan fingerprint density at radius 1 is 1.08 bits per heavy atom. The molecular formula is C19H23NO5. The van der Waals surface area contributed by atoms with Gasteiger partial charge in [0.05, 0.1) is 25.9 Å². The SMILES string of the molecule is C(=C1/C[C@H](N2CCOCC2)[C@@]2(CCCO2)O1)/c1ccc2c(c1)OCO2. The van der Waals surface area contributed by atoms with E-state index < -0.39 is 5.79 Å². The zero-order chi connectivity index (χ0) is 16.7. The number of rotatable bonds is 2. The molecule has 3 fully saturated rings. The van der Waals surface area contributed by atoms with Gasteiger partial charge in [-0.1, -0.05) is 6.07 Å². The van der Waals surface area contributed by atoms with Gasteiger partial charge in [0.25, 0.3) is 0 Å². The number of fused-ring (bicyclic) bond motifs is 1. The molecule has 1 aromatic carbocycles. The van der Waals surface area contributed by atoms with Gasteiger partial charge in [0.15, 0.2) is 11.5 Å². The van der Waals surface area contributed by atoms with Crippen LogP contribution < -0.4 is 9.47 Å². The van der Waals surface area contributed by atoms with E-state index in [2.05, 4.69) is 11.0 Å². The third kappa shape index (κ3) is 2.78. The monoisotopic (exact) mass is 345 g/mol. The summed E-state index contributed by atoms with van der Waals surface area (Å²) in [7, 11) is 0. The van der Waals surface area contributed by atoms with Gasteiger partial charge in [-0.3, -0.25) is 4.90 Å². The van der Waals surface area contributed by atoms with Gasteiger partial charge >= 0.3 is 0 Å². The Balaban J connectivity index is 1.41. The van der Waals surface area contributed by atoms with Gasteiger partial charge < -0.3 is 23.7 Å². The molecule has 4 heterocycles. The van der Waals surface area contributed by atoms with Crippen LogP contribution in [0.3, 0.4) is 0 Å². The molecule has 0 unspecified atom stereocenters. The summed E-state index contributed by atoms with van der Waals surface area (Å²) in [5.41, 5.74) is 1.06. The minimum Gasteiger partial charge on any atom is -0.465 e. The van der Waals surface area contributed by atoms with Crippen molar-refractivity contribution in [2.75, 3.05) is 39.7 Å². The number of morpholine rings is 1. The predicted octanol–water partition coefficient (Wildman–Crippen LogP) is 2.38. The highest BCUT2D eigenvalue weighted by atomic mass is 16.7. The van der Waals surface area contributed by atoms with E-state index in [0.717, 1.165) is 75.0 Å². The standard InChI is InChI=1S/C19H23NO5/c1-4-19(24-7-1)18(20-5-8-21-9-6-20)12-15(25-19)10-14-2-3-16-17(11-14)23-13-22-16/h2-3,10-11,18H,1,4-9,12-13H2/b15-10+/t18-,19+/m0/s1. The van der Waals surface area contributed by atoms with Crippen molar-refractivity contribution in [1.29, 1.82) is 0 Å². The summed E-state index contributed by atoms with van der Waals surface area (Å²) in [4.78, 5) is 2.47. The molecule has 25 heavy (non-hydrogen) atoms. The van der Waals surface area contributed by atoms with Crippen LogP contribution in [0.25, 0.3) is 6.08 Å². The Labute approximate surface area is 147 Å². The van der Waals surface area contributed by atoms with E-state index in [1.165, 1.54) is 0 Å². The molecule has 134 valence electrons. The van der Waals surface area contributed by atoms with Crippen LogP contribution in [0.15, 0.2) is 24.0 Å². The highest BCUT2D eigenvalue weighted by Gasteiger charge is 2.53. The Bertz CT molecular complexity index is 676. The molecule has 0 bridgehead atoms. The fourth-order valence-electron chi connectivity index (χ4n) is 4.23. The molecule has 1 aromatic rings. The van der Waals surface area contributed by atoms with Crippen LogP contribution in [0.4, 0.5) is 0 Å². The summed E-state index contributed by atoms with van der Waals surface area (Å²) in [5, 5.41) is 0. The molecule has 0 amide bonds. The first-order chi connectivity index (χ1) is 12.3. The molecule has 0 radical (unpaired) electrons. The maximum atomic E-state index is 6.38. The highest BCUT2D eigenvalue weighted by Crippen LogP contribution is 2.45. The minimum absolute atomic E-state index is 0.263. The van der Waals surface area contributed by atoms with Crippen molar-refractivity contribution in [3.63, 3.8) is 0 Å². The van der Waals surface area contributed by atoms with E-state index >= 15 is 0 Å². The third-order valence-corrected chi connectivity index (χ3v) is 5.43. The smallest absolute Gasteiger partial charge is 0.231 e. The average molecular weight is 345 g/mol. The second kappa shape index (κ2) is 6.20. The van der Waals surface area contributed by atoms with Crippen molar-refractivity contribution in [3.8, 4) is 11.5 Å². The summed E-state index contributed by atoms with van der Waals surface area (Å²) < 4.78 is 28.9. The molecule has 0 aromatic heterocycles. The van der Waals surface area contributed by atoms with Gasteiger partial charge in [0.1, 0.15) is 5.76 Å². The Morgan fingerprint density at radius 2 is 1.96 bits per heavy atom. The van der Waals surface area contributed by atoms with Gasteiger partial charge in [-0.05, 0) is 30.2 Å². The largest absolute Gasteiger partial charge is 0.465 e. The summed E-state index contributed by atoms with van der Waals surface area (Å²) in [6.45, 7) is 4.52. The number of ether oxygens (including phenoxy) is 5. The molecule has 0 aliphatic carbocycles. The van der Waals surface area contributed by atoms with Crippen molar-refractivity contribution in [2.24, 2.45) is 0 Å². The first-order valence-electron chi connectivity index (χ1n) is 9.07. The molecule has 2 atom stereocenters. The van der Waals surface area contributed by atoms with Crippen LogP contribution in [-0.4, -0.2) is 56.4 Å². The first kappa shape index (κ1) is 15.5. The Hall–Kier alpha value is -1.76. The third-order valence-electron chi connectivity index (χ3n) is 5.43. The topological polar surface area (TPSA) is 49.4 Å². The molecule has 1 spiro atoms. The second-order valence-corrected chi connectivity index (χ2v) is 6.96. The van der Waals surface area contributed by atoms with E-state index in [1.807, 2.05) is 18.2 Å². The van der Waals surface area contributed by atoms with Crippen molar-refractivity contribution in [2.45, 2.75) is 31.1 Å². The zero-order valence-electron chi connectivity index (χ0n) is 14.2. The van der Waals surface area contributed by atoms with Crippen LogP contribution in [0.2, 0.25) is 0 Å². The summed E-state index contributed by atoms with van der Waals surface area (Å²) >= 11 is 0. The van der Waals surface area contributed by atoms with Gasteiger partial charge in [-0.2, -0.15) is 0 Å². The van der Waals surface area contributed by atoms with Crippen molar-refractivity contribution in [1.82, 2.24) is 4.90 Å². The fourth-order valence-corrected chi connectivity index (χ4v) is 4.23. The Morgan fingerprint density at radius 3 is 2.80 bits per heavy atom. The molecular weight excluding hydrogens is 322 g/mol. The second-order valence-electron chi connectivity index (χ2n) is 6.96. The van der Waals surface area contributed by atoms with Crippen molar-refractivity contribution < 1.29 is 23.7 Å². The zero-order valence-corrected chi connectivity index (χ0v) is 14.2. The van der Waals surface area contributed by atoms with Gasteiger partial charge in [0.2, 0.25) is 12.6 Å². The lowest BCUT2D eigenvalue weighted by molar-refractivity contribution is -0.198. The Kier molecular flexibility index (Phi) is 3.84. The lowest BCUT2D eigenvalue weighted by Gasteiger charge is -2.38. The molecule has 0 saturated carbocycles.